The van der Waals surface area contributed by atoms with E-state index in [4.69, 9.17) is 5.73 Å². The minimum absolute atomic E-state index is 0.0734. The van der Waals surface area contributed by atoms with E-state index in [0.29, 0.717) is 18.7 Å². The van der Waals surface area contributed by atoms with Crippen LogP contribution in [0.3, 0.4) is 0 Å². The van der Waals surface area contributed by atoms with E-state index in [1.54, 1.807) is 0 Å². The van der Waals surface area contributed by atoms with Crippen molar-refractivity contribution in [3.8, 4) is 0 Å². The summed E-state index contributed by atoms with van der Waals surface area (Å²) in [6, 6.07) is 2.77. The normalized spacial score (nSPS) is 21.7. The SMILES string of the molecule is Nc1nc(N2CCC3(CC[C@@H](F)C3)CC2)cnc1Sc1cccnc1C(F)(F)F. The van der Waals surface area contributed by atoms with Gasteiger partial charge in [0.25, 0.3) is 0 Å². The molecule has 156 valence electrons. The van der Waals surface area contributed by atoms with Crippen molar-refractivity contribution in [1.82, 2.24) is 15.0 Å². The van der Waals surface area contributed by atoms with Crippen LogP contribution in [0.2, 0.25) is 0 Å². The highest BCUT2D eigenvalue weighted by molar-refractivity contribution is 7.99. The third-order valence-electron chi connectivity index (χ3n) is 5.79. The van der Waals surface area contributed by atoms with E-state index in [-0.39, 0.29) is 21.2 Å². The fraction of sp³-hybridized carbons (Fsp3) is 0.526. The van der Waals surface area contributed by atoms with Crippen molar-refractivity contribution in [2.45, 2.75) is 54.4 Å². The van der Waals surface area contributed by atoms with E-state index in [9.17, 15) is 17.6 Å². The molecule has 2 N–H and O–H groups in total. The van der Waals surface area contributed by atoms with Gasteiger partial charge in [-0.2, -0.15) is 13.2 Å². The molecule has 1 atom stereocenters. The van der Waals surface area contributed by atoms with Gasteiger partial charge >= 0.3 is 6.18 Å². The van der Waals surface area contributed by atoms with E-state index in [1.807, 2.05) is 0 Å². The van der Waals surface area contributed by atoms with Gasteiger partial charge in [-0.05, 0) is 49.7 Å². The van der Waals surface area contributed by atoms with Gasteiger partial charge in [0, 0.05) is 24.2 Å². The lowest BCUT2D eigenvalue weighted by atomic mass is 9.77. The van der Waals surface area contributed by atoms with Gasteiger partial charge in [0.1, 0.15) is 17.0 Å². The first-order valence-corrected chi connectivity index (χ1v) is 10.3. The lowest BCUT2D eigenvalue weighted by molar-refractivity contribution is -0.143. The monoisotopic (exact) mass is 427 g/mol. The number of hydrogen-bond donors (Lipinski definition) is 1. The molecule has 1 saturated carbocycles. The van der Waals surface area contributed by atoms with Crippen LogP contribution in [0.25, 0.3) is 0 Å². The molecule has 3 heterocycles. The van der Waals surface area contributed by atoms with E-state index in [2.05, 4.69) is 19.9 Å². The molecule has 0 amide bonds. The Hall–Kier alpha value is -2.10. The van der Waals surface area contributed by atoms with Crippen LogP contribution in [0.1, 0.15) is 37.8 Å². The maximum atomic E-state index is 13.6. The van der Waals surface area contributed by atoms with Gasteiger partial charge in [-0.1, -0.05) is 11.8 Å². The summed E-state index contributed by atoms with van der Waals surface area (Å²) in [7, 11) is 0. The maximum absolute atomic E-state index is 13.6. The molecule has 1 spiro atoms. The number of nitrogen functional groups attached to an aromatic ring is 1. The molecule has 2 fully saturated rings. The summed E-state index contributed by atoms with van der Waals surface area (Å²) in [5, 5.41) is 0.205. The van der Waals surface area contributed by atoms with E-state index in [1.165, 1.54) is 18.3 Å². The molecule has 29 heavy (non-hydrogen) atoms. The Balaban J connectivity index is 1.47. The summed E-state index contributed by atoms with van der Waals surface area (Å²) in [5.41, 5.74) is 5.12. The minimum Gasteiger partial charge on any atom is -0.381 e. The molecule has 0 aromatic carbocycles. The number of halogens is 4. The van der Waals surface area contributed by atoms with Crippen molar-refractivity contribution in [3.05, 3.63) is 30.2 Å². The molecule has 0 unspecified atom stereocenters. The average Bonchev–Trinajstić information content (AvgIpc) is 3.04. The molecule has 1 aliphatic carbocycles. The Kier molecular flexibility index (Phi) is 5.30. The second-order valence-corrected chi connectivity index (χ2v) is 8.73. The number of hydrogen-bond acceptors (Lipinski definition) is 6. The zero-order valence-corrected chi connectivity index (χ0v) is 16.4. The smallest absolute Gasteiger partial charge is 0.381 e. The number of nitrogens with two attached hydrogens (primary N) is 1. The molecule has 5 nitrogen and oxygen atoms in total. The van der Waals surface area contributed by atoms with Crippen LogP contribution in [-0.2, 0) is 6.18 Å². The van der Waals surface area contributed by atoms with Gasteiger partial charge in [0.15, 0.2) is 11.5 Å². The summed E-state index contributed by atoms with van der Waals surface area (Å²) < 4.78 is 53.0. The maximum Gasteiger partial charge on any atom is 0.434 e. The van der Waals surface area contributed by atoms with Crippen molar-refractivity contribution in [1.29, 1.82) is 0 Å². The van der Waals surface area contributed by atoms with E-state index >= 15 is 0 Å². The molecule has 2 aromatic heterocycles. The highest BCUT2D eigenvalue weighted by Crippen LogP contribution is 2.47. The predicted octanol–water partition coefficient (Wildman–Crippen LogP) is 4.73. The number of anilines is 2. The van der Waals surface area contributed by atoms with Crippen LogP contribution < -0.4 is 10.6 Å². The molecule has 0 bridgehead atoms. The third-order valence-corrected chi connectivity index (χ3v) is 6.84. The Labute approximate surface area is 170 Å². The summed E-state index contributed by atoms with van der Waals surface area (Å²) in [6.07, 6.45) is 1.39. The van der Waals surface area contributed by atoms with E-state index in [0.717, 1.165) is 50.3 Å². The van der Waals surface area contributed by atoms with Crippen LogP contribution in [0.15, 0.2) is 34.4 Å². The number of nitrogens with zero attached hydrogens (tertiary/aromatic N) is 4. The number of pyridine rings is 1. The number of piperidine rings is 1. The van der Waals surface area contributed by atoms with Crippen molar-refractivity contribution >= 4 is 23.4 Å². The Morgan fingerprint density at radius 1 is 1.17 bits per heavy atom. The molecule has 4 rings (SSSR count). The fourth-order valence-electron chi connectivity index (χ4n) is 4.20. The number of aromatic nitrogens is 3. The van der Waals surface area contributed by atoms with Crippen LogP contribution in [-0.4, -0.2) is 34.2 Å². The van der Waals surface area contributed by atoms with Gasteiger partial charge in [0.05, 0.1) is 6.20 Å². The Bertz CT molecular complexity index is 883. The largest absolute Gasteiger partial charge is 0.434 e. The van der Waals surface area contributed by atoms with Crippen molar-refractivity contribution in [2.24, 2.45) is 5.41 Å². The molecule has 10 heteroatoms. The predicted molar refractivity (Wildman–Crippen MR) is 102 cm³/mol. The topological polar surface area (TPSA) is 67.9 Å². The lowest BCUT2D eigenvalue weighted by Crippen LogP contribution is -2.39. The number of alkyl halides is 4. The van der Waals surface area contributed by atoms with Gasteiger partial charge < -0.3 is 10.6 Å². The van der Waals surface area contributed by atoms with Crippen LogP contribution >= 0.6 is 11.8 Å². The molecule has 2 aliphatic rings. The first-order chi connectivity index (χ1) is 13.8. The summed E-state index contributed by atoms with van der Waals surface area (Å²) in [5.74, 6) is 0.674. The lowest BCUT2D eigenvalue weighted by Gasteiger charge is -2.39. The average molecular weight is 427 g/mol. The molecule has 0 radical (unpaired) electrons. The molecule has 1 aliphatic heterocycles. The molecular formula is C19H21F4N5S. The molecule has 2 aromatic rings. The van der Waals surface area contributed by atoms with Crippen LogP contribution in [0.5, 0.6) is 0 Å². The second-order valence-electron chi connectivity index (χ2n) is 7.70. The zero-order valence-electron chi connectivity index (χ0n) is 15.6. The first-order valence-electron chi connectivity index (χ1n) is 9.47. The standard InChI is InChI=1S/C19H21F4N5S/c20-12-3-4-18(10-12)5-8-28(9-6-18)14-11-26-17(16(24)27-14)29-13-2-1-7-25-15(13)19(21,22)23/h1-2,7,11-12H,3-6,8-10H2,(H2,24,27)/t12-/m1/s1. The van der Waals surface area contributed by atoms with E-state index < -0.39 is 18.0 Å². The van der Waals surface area contributed by atoms with Gasteiger partial charge in [-0.15, -0.1) is 0 Å². The Morgan fingerprint density at radius 2 is 1.93 bits per heavy atom. The van der Waals surface area contributed by atoms with Gasteiger partial charge in [0.2, 0.25) is 0 Å². The molecule has 1 saturated heterocycles. The highest BCUT2D eigenvalue weighted by atomic mass is 32.2. The zero-order chi connectivity index (χ0) is 20.6. The quantitative estimate of drug-likeness (QED) is 0.714. The Morgan fingerprint density at radius 3 is 2.55 bits per heavy atom. The fourth-order valence-corrected chi connectivity index (χ4v) is 5.08. The first kappa shape index (κ1) is 20.2. The molecular weight excluding hydrogens is 406 g/mol. The van der Waals surface area contributed by atoms with Gasteiger partial charge in [-0.3, -0.25) is 4.98 Å². The third kappa shape index (κ3) is 4.26. The minimum atomic E-state index is -4.56. The summed E-state index contributed by atoms with van der Waals surface area (Å²) >= 11 is 0.797. The van der Waals surface area contributed by atoms with Crippen LogP contribution in [0, 0.1) is 5.41 Å². The van der Waals surface area contributed by atoms with Crippen molar-refractivity contribution in [3.63, 3.8) is 0 Å². The van der Waals surface area contributed by atoms with Crippen molar-refractivity contribution < 1.29 is 17.6 Å². The van der Waals surface area contributed by atoms with Crippen LogP contribution in [0.4, 0.5) is 29.2 Å². The number of rotatable bonds is 3. The summed E-state index contributed by atoms with van der Waals surface area (Å²) in [4.78, 5) is 14.0. The summed E-state index contributed by atoms with van der Waals surface area (Å²) in [6.45, 7) is 1.49. The second kappa shape index (κ2) is 7.62. The van der Waals surface area contributed by atoms with Crippen molar-refractivity contribution in [2.75, 3.05) is 23.7 Å². The van der Waals surface area contributed by atoms with Gasteiger partial charge in [-0.25, -0.2) is 14.4 Å². The highest BCUT2D eigenvalue weighted by Gasteiger charge is 2.41.